The van der Waals surface area contributed by atoms with Gasteiger partial charge in [0.2, 0.25) is 0 Å². The van der Waals surface area contributed by atoms with Gasteiger partial charge >= 0.3 is 0 Å². The molecule has 0 saturated heterocycles. The van der Waals surface area contributed by atoms with Crippen molar-refractivity contribution in [1.29, 1.82) is 0 Å². The monoisotopic (exact) mass is 452 g/mol. The second-order valence-corrected chi connectivity index (χ2v) is 7.56. The zero-order valence-electron chi connectivity index (χ0n) is 18.2. The number of hydrogen-bond acceptors (Lipinski definition) is 4. The quantitative estimate of drug-likeness (QED) is 0.191. The molecule has 0 heterocycles. The van der Waals surface area contributed by atoms with Gasteiger partial charge < -0.3 is 15.0 Å². The fraction of sp³-hybridized carbons (Fsp3) is 0.0370. The maximum atomic E-state index is 5.31. The molecule has 4 rings (SSSR count). The minimum Gasteiger partial charge on any atom is -0.497 e. The predicted octanol–water partition coefficient (Wildman–Crippen LogP) is 6.49. The molecule has 4 aromatic carbocycles. The number of nitrogens with one attached hydrogen (secondary N) is 2. The third-order valence-electron chi connectivity index (χ3n) is 4.89. The van der Waals surface area contributed by atoms with Crippen LogP contribution in [0, 0.1) is 0 Å². The molecule has 0 aliphatic heterocycles. The number of para-hydroxylation sites is 2. The van der Waals surface area contributed by atoms with Crippen LogP contribution in [0.15, 0.2) is 114 Å². The first kappa shape index (κ1) is 22.0. The molecule has 4 aromatic rings. The molecule has 164 valence electrons. The summed E-state index contributed by atoms with van der Waals surface area (Å²) in [5.41, 5.74) is 7.89. The molecule has 6 heteroatoms. The van der Waals surface area contributed by atoms with Crippen LogP contribution < -0.4 is 20.4 Å². The van der Waals surface area contributed by atoms with Crippen molar-refractivity contribution in [2.75, 3.05) is 17.3 Å². The average Bonchev–Trinajstić information content (AvgIpc) is 2.86. The summed E-state index contributed by atoms with van der Waals surface area (Å²) in [6, 6.07) is 36.4. The van der Waals surface area contributed by atoms with E-state index in [0.717, 1.165) is 34.1 Å². The minimum absolute atomic E-state index is 0.399. The van der Waals surface area contributed by atoms with Gasteiger partial charge in [-0.1, -0.05) is 54.6 Å². The van der Waals surface area contributed by atoms with Crippen LogP contribution in [0.3, 0.4) is 0 Å². The number of nitrogens with zero attached hydrogens (tertiary/aromatic N) is 2. The first-order valence-electron chi connectivity index (χ1n) is 10.5. The van der Waals surface area contributed by atoms with E-state index < -0.39 is 0 Å². The summed E-state index contributed by atoms with van der Waals surface area (Å²) in [6.45, 7) is 0. The second kappa shape index (κ2) is 10.9. The van der Waals surface area contributed by atoms with Crippen molar-refractivity contribution in [2.24, 2.45) is 5.10 Å². The van der Waals surface area contributed by atoms with Gasteiger partial charge in [-0.25, -0.2) is 0 Å². The second-order valence-electron chi connectivity index (χ2n) is 7.15. The summed E-state index contributed by atoms with van der Waals surface area (Å²) in [6.07, 6.45) is 1.73. The lowest BCUT2D eigenvalue weighted by Crippen LogP contribution is -2.23. The van der Waals surface area contributed by atoms with Gasteiger partial charge in [0.05, 0.1) is 13.3 Å². The molecule has 0 aliphatic rings. The van der Waals surface area contributed by atoms with Crippen LogP contribution in [-0.2, 0) is 0 Å². The lowest BCUT2D eigenvalue weighted by molar-refractivity contribution is 0.415. The highest BCUT2D eigenvalue weighted by Gasteiger charge is 2.11. The minimum atomic E-state index is 0.399. The normalized spacial score (nSPS) is 10.6. The number of hydrazone groups is 1. The van der Waals surface area contributed by atoms with Crippen LogP contribution in [0.5, 0.6) is 5.75 Å². The van der Waals surface area contributed by atoms with Crippen molar-refractivity contribution in [2.45, 2.75) is 0 Å². The smallest absolute Gasteiger partial charge is 0.191 e. The highest BCUT2D eigenvalue weighted by Crippen LogP contribution is 2.33. The molecule has 0 fully saturated rings. The maximum absolute atomic E-state index is 5.31. The van der Waals surface area contributed by atoms with Gasteiger partial charge in [0.15, 0.2) is 5.11 Å². The molecule has 5 nitrogen and oxygen atoms in total. The largest absolute Gasteiger partial charge is 0.497 e. The van der Waals surface area contributed by atoms with Gasteiger partial charge in [0.1, 0.15) is 5.75 Å². The Morgan fingerprint density at radius 2 is 1.39 bits per heavy atom. The SMILES string of the molecule is COc1cccc(NC(=S)N/N=C/c2ccc(N(c3ccccc3)c3ccccc3)cc2)c1. The van der Waals surface area contributed by atoms with Crippen molar-refractivity contribution in [1.82, 2.24) is 5.43 Å². The van der Waals surface area contributed by atoms with E-state index in [4.69, 9.17) is 17.0 Å². The van der Waals surface area contributed by atoms with E-state index in [-0.39, 0.29) is 0 Å². The fourth-order valence-corrected chi connectivity index (χ4v) is 3.51. The van der Waals surface area contributed by atoms with E-state index in [9.17, 15) is 0 Å². The number of methoxy groups -OCH3 is 1. The average molecular weight is 453 g/mol. The Balaban J connectivity index is 1.43. The first-order valence-corrected chi connectivity index (χ1v) is 10.9. The molecule has 0 saturated carbocycles. The Kier molecular flexibility index (Phi) is 7.30. The Morgan fingerprint density at radius 3 is 2.00 bits per heavy atom. The predicted molar refractivity (Wildman–Crippen MR) is 141 cm³/mol. The van der Waals surface area contributed by atoms with Crippen molar-refractivity contribution in [3.63, 3.8) is 0 Å². The van der Waals surface area contributed by atoms with Crippen molar-refractivity contribution in [3.05, 3.63) is 115 Å². The zero-order valence-corrected chi connectivity index (χ0v) is 19.0. The standard InChI is InChI=1S/C27H24N4OS/c1-32-26-14-8-9-22(19-26)29-27(33)30-28-20-21-15-17-25(18-16-21)31(23-10-4-2-5-11-23)24-12-6-3-7-13-24/h2-20H,1H3,(H2,29,30,33)/b28-20+. The van der Waals surface area contributed by atoms with E-state index in [2.05, 4.69) is 57.1 Å². The number of benzene rings is 4. The van der Waals surface area contributed by atoms with Gasteiger partial charge in [-0.05, 0) is 66.3 Å². The van der Waals surface area contributed by atoms with E-state index in [0.29, 0.717) is 5.11 Å². The van der Waals surface area contributed by atoms with E-state index in [1.807, 2.05) is 72.8 Å². The number of ether oxygens (including phenoxy) is 1. The summed E-state index contributed by atoms with van der Waals surface area (Å²) in [5.74, 6) is 0.756. The maximum Gasteiger partial charge on any atom is 0.191 e. The Morgan fingerprint density at radius 1 is 0.788 bits per heavy atom. The highest BCUT2D eigenvalue weighted by molar-refractivity contribution is 7.80. The number of rotatable bonds is 7. The number of hydrogen-bond donors (Lipinski definition) is 2. The van der Waals surface area contributed by atoms with Gasteiger partial charge in [-0.3, -0.25) is 5.43 Å². The molecule has 0 unspecified atom stereocenters. The summed E-state index contributed by atoms with van der Waals surface area (Å²) >= 11 is 5.31. The van der Waals surface area contributed by atoms with Crippen LogP contribution in [0.2, 0.25) is 0 Å². The Labute approximate surface area is 199 Å². The van der Waals surface area contributed by atoms with Crippen LogP contribution in [0.25, 0.3) is 0 Å². The van der Waals surface area contributed by atoms with Crippen molar-refractivity contribution in [3.8, 4) is 5.75 Å². The molecule has 0 radical (unpaired) electrons. The summed E-state index contributed by atoms with van der Waals surface area (Å²) in [4.78, 5) is 2.21. The Hall–Kier alpha value is -4.16. The van der Waals surface area contributed by atoms with E-state index >= 15 is 0 Å². The molecule has 0 atom stereocenters. The molecule has 0 amide bonds. The lowest BCUT2D eigenvalue weighted by atomic mass is 10.1. The molecule has 0 bridgehead atoms. The molecule has 0 spiro atoms. The molecule has 0 aromatic heterocycles. The van der Waals surface area contributed by atoms with Gasteiger partial charge in [-0.2, -0.15) is 5.10 Å². The number of anilines is 4. The molecular weight excluding hydrogens is 428 g/mol. The number of thiocarbonyl (C=S) groups is 1. The topological polar surface area (TPSA) is 48.9 Å². The van der Waals surface area contributed by atoms with Crippen LogP contribution in [0.1, 0.15) is 5.56 Å². The van der Waals surface area contributed by atoms with Gasteiger partial charge in [0, 0.05) is 28.8 Å². The summed E-state index contributed by atoms with van der Waals surface area (Å²) in [7, 11) is 1.63. The summed E-state index contributed by atoms with van der Waals surface area (Å²) < 4.78 is 5.22. The van der Waals surface area contributed by atoms with E-state index in [1.165, 1.54) is 0 Å². The van der Waals surface area contributed by atoms with Crippen molar-refractivity contribution < 1.29 is 4.74 Å². The molecule has 0 aliphatic carbocycles. The molecule has 2 N–H and O–H groups in total. The summed E-state index contributed by atoms with van der Waals surface area (Å²) in [5, 5.41) is 7.73. The zero-order chi connectivity index (χ0) is 22.9. The van der Waals surface area contributed by atoms with Gasteiger partial charge in [-0.15, -0.1) is 0 Å². The van der Waals surface area contributed by atoms with E-state index in [1.54, 1.807) is 13.3 Å². The third-order valence-corrected chi connectivity index (χ3v) is 5.08. The van der Waals surface area contributed by atoms with Gasteiger partial charge in [0.25, 0.3) is 0 Å². The van der Waals surface area contributed by atoms with Crippen molar-refractivity contribution >= 4 is 46.3 Å². The Bertz CT molecular complexity index is 1170. The first-order chi connectivity index (χ1) is 16.2. The molecule has 33 heavy (non-hydrogen) atoms. The fourth-order valence-electron chi connectivity index (χ4n) is 3.34. The van der Waals surface area contributed by atoms with Crippen LogP contribution in [-0.4, -0.2) is 18.4 Å². The lowest BCUT2D eigenvalue weighted by Gasteiger charge is -2.25. The molecular formula is C27H24N4OS. The highest BCUT2D eigenvalue weighted by atomic mass is 32.1. The van der Waals surface area contributed by atoms with Crippen LogP contribution in [0.4, 0.5) is 22.7 Å². The van der Waals surface area contributed by atoms with Crippen LogP contribution >= 0.6 is 12.2 Å². The third kappa shape index (κ3) is 5.96.